The van der Waals surface area contributed by atoms with Gasteiger partial charge in [0, 0.05) is 36.2 Å². The van der Waals surface area contributed by atoms with Gasteiger partial charge in [0.05, 0.1) is 19.8 Å². The number of ether oxygens (including phenoxy) is 1. The molecule has 2 aromatic rings. The van der Waals surface area contributed by atoms with Crippen molar-refractivity contribution in [2.75, 3.05) is 49.2 Å². The fraction of sp³-hybridized carbons (Fsp3) is 0.526. The number of benzene rings is 1. The van der Waals surface area contributed by atoms with Gasteiger partial charge in [0.1, 0.15) is 5.75 Å². The van der Waals surface area contributed by atoms with Gasteiger partial charge in [0.15, 0.2) is 0 Å². The maximum Gasteiger partial charge on any atom is 0.275 e. The minimum Gasteiger partial charge on any atom is -0.508 e. The molecule has 10 heteroatoms. The zero-order valence-electron chi connectivity index (χ0n) is 16.2. The molecule has 0 radical (unpaired) electrons. The Morgan fingerprint density at radius 3 is 2.38 bits per heavy atom. The van der Waals surface area contributed by atoms with E-state index in [0.29, 0.717) is 30.7 Å². The quantitative estimate of drug-likeness (QED) is 0.680. The molecule has 2 aliphatic rings. The van der Waals surface area contributed by atoms with Crippen LogP contribution >= 0.6 is 15.9 Å². The molecule has 1 aromatic heterocycles. The van der Waals surface area contributed by atoms with Gasteiger partial charge in [-0.2, -0.15) is 20.1 Å². The number of hydrogen-bond acceptors (Lipinski definition) is 9. The van der Waals surface area contributed by atoms with Gasteiger partial charge in [-0.3, -0.25) is 0 Å². The summed E-state index contributed by atoms with van der Waals surface area (Å²) in [6.07, 6.45) is 3.51. The molecule has 0 amide bonds. The largest absolute Gasteiger partial charge is 0.508 e. The van der Waals surface area contributed by atoms with Crippen molar-refractivity contribution in [2.45, 2.75) is 25.8 Å². The minimum atomic E-state index is 0.186. The average molecular weight is 462 g/mol. The number of hydrogen-bond donors (Lipinski definition) is 1. The summed E-state index contributed by atoms with van der Waals surface area (Å²) in [5.41, 5.74) is 0.682. The van der Waals surface area contributed by atoms with E-state index in [4.69, 9.17) is 9.72 Å². The van der Waals surface area contributed by atoms with Crippen LogP contribution in [0.5, 0.6) is 5.75 Å². The van der Waals surface area contributed by atoms with Crippen LogP contribution in [0.1, 0.15) is 24.8 Å². The van der Waals surface area contributed by atoms with Gasteiger partial charge in [0.2, 0.25) is 11.9 Å². The van der Waals surface area contributed by atoms with Crippen molar-refractivity contribution in [3.63, 3.8) is 0 Å². The predicted octanol–water partition coefficient (Wildman–Crippen LogP) is 3.45. The van der Waals surface area contributed by atoms with Gasteiger partial charge in [-0.15, -0.1) is 5.11 Å². The van der Waals surface area contributed by atoms with Crippen molar-refractivity contribution in [1.29, 1.82) is 0 Å². The fourth-order valence-electron chi connectivity index (χ4n) is 3.38. The van der Waals surface area contributed by atoms with Gasteiger partial charge in [-0.05, 0) is 37.5 Å². The average Bonchev–Trinajstić information content (AvgIpc) is 2.77. The highest BCUT2D eigenvalue weighted by Gasteiger charge is 2.20. The summed E-state index contributed by atoms with van der Waals surface area (Å²) in [7, 11) is 0. The number of azo groups is 1. The third-order valence-electron chi connectivity index (χ3n) is 4.98. The molecule has 4 rings (SSSR count). The number of nitrogens with zero attached hydrogens (tertiary/aromatic N) is 7. The lowest BCUT2D eigenvalue weighted by atomic mass is 10.1. The Kier molecular flexibility index (Phi) is 6.50. The third-order valence-corrected chi connectivity index (χ3v) is 5.47. The van der Waals surface area contributed by atoms with Crippen molar-refractivity contribution in [2.24, 2.45) is 10.2 Å². The highest BCUT2D eigenvalue weighted by molar-refractivity contribution is 9.10. The lowest BCUT2D eigenvalue weighted by Crippen LogP contribution is -2.38. The number of anilines is 2. The number of aromatic hydroxyl groups is 1. The Balaban J connectivity index is 1.57. The van der Waals surface area contributed by atoms with Gasteiger partial charge < -0.3 is 19.6 Å². The van der Waals surface area contributed by atoms with E-state index < -0.39 is 0 Å². The summed E-state index contributed by atoms with van der Waals surface area (Å²) < 4.78 is 6.32. The first-order chi connectivity index (χ1) is 14.2. The maximum atomic E-state index is 9.97. The molecule has 29 heavy (non-hydrogen) atoms. The molecular formula is C19H24BrN7O2. The molecular weight excluding hydrogens is 438 g/mol. The third kappa shape index (κ3) is 5.18. The van der Waals surface area contributed by atoms with E-state index in [1.807, 2.05) is 6.07 Å². The van der Waals surface area contributed by atoms with Crippen LogP contribution in [-0.4, -0.2) is 59.5 Å². The van der Waals surface area contributed by atoms with Gasteiger partial charge in [0.25, 0.3) is 5.95 Å². The molecule has 154 valence electrons. The van der Waals surface area contributed by atoms with Crippen molar-refractivity contribution in [3.8, 4) is 5.75 Å². The fourth-order valence-corrected chi connectivity index (χ4v) is 3.79. The van der Waals surface area contributed by atoms with Crippen molar-refractivity contribution >= 4 is 33.8 Å². The molecule has 0 saturated carbocycles. The number of piperidine rings is 1. The van der Waals surface area contributed by atoms with Crippen LogP contribution in [-0.2, 0) is 11.3 Å². The predicted molar refractivity (Wildman–Crippen MR) is 113 cm³/mol. The second-order valence-corrected chi connectivity index (χ2v) is 7.97. The molecule has 3 heterocycles. The number of aromatic nitrogens is 3. The molecule has 0 unspecified atom stereocenters. The van der Waals surface area contributed by atoms with E-state index >= 15 is 0 Å². The van der Waals surface area contributed by atoms with E-state index in [-0.39, 0.29) is 18.2 Å². The normalized spacial score (nSPS) is 17.8. The van der Waals surface area contributed by atoms with Gasteiger partial charge in [-0.25, -0.2) is 0 Å². The van der Waals surface area contributed by atoms with Crippen molar-refractivity contribution in [1.82, 2.24) is 15.0 Å². The lowest BCUT2D eigenvalue weighted by Gasteiger charge is -2.29. The number of halogens is 1. The first-order valence-electron chi connectivity index (χ1n) is 9.88. The second-order valence-electron chi connectivity index (χ2n) is 7.06. The summed E-state index contributed by atoms with van der Waals surface area (Å²) in [5, 5.41) is 18.4. The SMILES string of the molecule is Oc1ccc(Br)cc1CN=Nc1nc(N2CCCCC2)nc(N2CCOCC2)n1. The smallest absolute Gasteiger partial charge is 0.275 e. The molecule has 1 aromatic carbocycles. The molecule has 9 nitrogen and oxygen atoms in total. The van der Waals surface area contributed by atoms with Crippen LogP contribution in [0.2, 0.25) is 0 Å². The van der Waals surface area contributed by atoms with Crippen LogP contribution in [0.3, 0.4) is 0 Å². The summed E-state index contributed by atoms with van der Waals surface area (Å²) in [6, 6.07) is 5.23. The van der Waals surface area contributed by atoms with Crippen LogP contribution in [0.25, 0.3) is 0 Å². The Labute approximate surface area is 178 Å². The number of morpholine rings is 1. The first-order valence-corrected chi connectivity index (χ1v) is 10.7. The topological polar surface area (TPSA) is 99.3 Å². The Morgan fingerprint density at radius 1 is 0.966 bits per heavy atom. The van der Waals surface area contributed by atoms with Gasteiger partial charge >= 0.3 is 0 Å². The molecule has 0 bridgehead atoms. The molecule has 0 aliphatic carbocycles. The summed E-state index contributed by atoms with van der Waals surface area (Å²) >= 11 is 3.40. The zero-order valence-corrected chi connectivity index (χ0v) is 17.8. The van der Waals surface area contributed by atoms with E-state index in [9.17, 15) is 5.11 Å². The Morgan fingerprint density at radius 2 is 1.66 bits per heavy atom. The summed E-state index contributed by atoms with van der Waals surface area (Å²) in [4.78, 5) is 18.0. The lowest BCUT2D eigenvalue weighted by molar-refractivity contribution is 0.122. The second kappa shape index (κ2) is 9.45. The van der Waals surface area contributed by atoms with E-state index in [2.05, 4.69) is 45.9 Å². The Hall–Kier alpha value is -2.33. The molecule has 2 fully saturated rings. The molecule has 2 saturated heterocycles. The van der Waals surface area contributed by atoms with Crippen LogP contribution in [0.15, 0.2) is 32.9 Å². The monoisotopic (exact) mass is 461 g/mol. The van der Waals surface area contributed by atoms with Gasteiger partial charge in [-0.1, -0.05) is 15.9 Å². The van der Waals surface area contributed by atoms with Crippen LogP contribution in [0.4, 0.5) is 17.8 Å². The van der Waals surface area contributed by atoms with Crippen molar-refractivity contribution < 1.29 is 9.84 Å². The van der Waals surface area contributed by atoms with E-state index in [0.717, 1.165) is 43.5 Å². The molecule has 1 N–H and O–H groups in total. The summed E-state index contributed by atoms with van der Waals surface area (Å²) in [6.45, 7) is 4.92. The van der Waals surface area contributed by atoms with Crippen molar-refractivity contribution in [3.05, 3.63) is 28.2 Å². The first kappa shape index (κ1) is 20.0. The highest BCUT2D eigenvalue weighted by Crippen LogP contribution is 2.24. The van der Waals surface area contributed by atoms with Crippen LogP contribution in [0, 0.1) is 0 Å². The number of phenolic OH excluding ortho intramolecular Hbond substituents is 1. The maximum absolute atomic E-state index is 9.97. The minimum absolute atomic E-state index is 0.186. The number of phenols is 1. The zero-order chi connectivity index (χ0) is 20.1. The number of rotatable bonds is 5. The molecule has 2 aliphatic heterocycles. The Bertz CT molecular complexity index is 831. The van der Waals surface area contributed by atoms with E-state index in [1.165, 1.54) is 6.42 Å². The molecule has 0 spiro atoms. The molecule has 0 atom stereocenters. The van der Waals surface area contributed by atoms with Crippen LogP contribution < -0.4 is 9.80 Å². The highest BCUT2D eigenvalue weighted by atomic mass is 79.9. The summed E-state index contributed by atoms with van der Waals surface area (Å²) in [5.74, 6) is 1.74. The van der Waals surface area contributed by atoms with E-state index in [1.54, 1.807) is 12.1 Å². The standard InChI is InChI=1S/C19H24BrN7O2/c20-15-4-5-16(28)14(12-15)13-21-25-17-22-18(26-6-2-1-3-7-26)24-19(23-17)27-8-10-29-11-9-27/h4-5,12,28H,1-3,6-11,13H2.